The van der Waals surface area contributed by atoms with Crippen LogP contribution in [0.25, 0.3) is 0 Å². The molecule has 2 aromatic heterocycles. The predicted octanol–water partition coefficient (Wildman–Crippen LogP) is 4.92. The Morgan fingerprint density at radius 1 is 1.14 bits per heavy atom. The molecule has 0 radical (unpaired) electrons. The number of aryl methyl sites for hydroxylation is 2. The van der Waals surface area contributed by atoms with Gasteiger partial charge in [-0.1, -0.05) is 11.8 Å². The summed E-state index contributed by atoms with van der Waals surface area (Å²) >= 11 is 2.75. The molecule has 0 saturated carbocycles. The molecule has 4 rings (SSSR count). The third-order valence-corrected chi connectivity index (χ3v) is 6.68. The van der Waals surface area contributed by atoms with Gasteiger partial charge in [0.2, 0.25) is 0 Å². The van der Waals surface area contributed by atoms with Crippen LogP contribution in [-0.4, -0.2) is 22.6 Å². The average molecular weight is 433 g/mol. The molecule has 1 aromatic carbocycles. The van der Waals surface area contributed by atoms with Crippen LogP contribution in [0.1, 0.15) is 32.6 Å². The Labute approximate surface area is 175 Å². The number of halogens is 2. The Bertz CT molecular complexity index is 1100. The fraction of sp³-hybridized carbons (Fsp3) is 0.250. The van der Waals surface area contributed by atoms with Crippen molar-refractivity contribution in [1.29, 1.82) is 0 Å². The largest absolute Gasteiger partial charge is 0.272 e. The topological polar surface area (TPSA) is 59.4 Å². The molecule has 0 aliphatic carbocycles. The van der Waals surface area contributed by atoms with Crippen LogP contribution >= 0.6 is 23.1 Å². The van der Waals surface area contributed by atoms with Crippen molar-refractivity contribution in [2.24, 2.45) is 4.99 Å². The molecule has 0 bridgehead atoms. The summed E-state index contributed by atoms with van der Waals surface area (Å²) in [5, 5.41) is 8.89. The third-order valence-electron chi connectivity index (χ3n) is 4.54. The standard InChI is InChI=1S/C20H18F2N4OS2/c1-10-4-6-17(28-10)15-9-27-26-19(23-15)18-11(2)12(3)24-25-20(18)29-16-7-5-13(21)8-14(16)22/h4-8,15H,9H2,1-3H3,(H,23,26)/t15-/m0/s1. The molecule has 1 atom stereocenters. The average Bonchev–Trinajstić information content (AvgIpc) is 3.13. The summed E-state index contributed by atoms with van der Waals surface area (Å²) in [5.74, 6) is -0.755. The van der Waals surface area contributed by atoms with Gasteiger partial charge in [-0.15, -0.1) is 16.4 Å². The van der Waals surface area contributed by atoms with Gasteiger partial charge >= 0.3 is 0 Å². The van der Waals surface area contributed by atoms with E-state index in [0.717, 1.165) is 34.0 Å². The van der Waals surface area contributed by atoms with Gasteiger partial charge in [-0.2, -0.15) is 5.10 Å². The summed E-state index contributed by atoms with van der Waals surface area (Å²) in [6.45, 7) is 6.22. The number of hydroxylamine groups is 1. The molecule has 0 saturated heterocycles. The Morgan fingerprint density at radius 2 is 1.97 bits per heavy atom. The predicted molar refractivity (Wildman–Crippen MR) is 109 cm³/mol. The molecule has 0 fully saturated rings. The molecular formula is C20H18F2N4OS2. The first-order valence-electron chi connectivity index (χ1n) is 8.91. The van der Waals surface area contributed by atoms with Crippen molar-refractivity contribution in [2.45, 2.75) is 36.7 Å². The van der Waals surface area contributed by atoms with E-state index < -0.39 is 11.6 Å². The number of aliphatic imine (C=N–C) groups is 1. The zero-order valence-electron chi connectivity index (χ0n) is 16.0. The number of thiophene rings is 1. The van der Waals surface area contributed by atoms with Gasteiger partial charge < -0.3 is 0 Å². The van der Waals surface area contributed by atoms with Crippen LogP contribution < -0.4 is 5.48 Å². The van der Waals surface area contributed by atoms with Crippen molar-refractivity contribution < 1.29 is 13.6 Å². The first-order valence-corrected chi connectivity index (χ1v) is 10.5. The summed E-state index contributed by atoms with van der Waals surface area (Å²) in [4.78, 5) is 13.0. The lowest BCUT2D eigenvalue weighted by Gasteiger charge is -2.23. The second-order valence-electron chi connectivity index (χ2n) is 6.62. The van der Waals surface area contributed by atoms with Gasteiger partial charge in [0.15, 0.2) is 5.84 Å². The lowest BCUT2D eigenvalue weighted by molar-refractivity contribution is 0.0627. The number of hydrogen-bond acceptors (Lipinski definition) is 7. The van der Waals surface area contributed by atoms with Crippen molar-refractivity contribution in [2.75, 3.05) is 6.61 Å². The summed E-state index contributed by atoms with van der Waals surface area (Å²) in [6.07, 6.45) is 0. The molecular weight excluding hydrogens is 414 g/mol. The SMILES string of the molecule is Cc1ccc([C@@H]2CONC(c3c(Sc4ccc(F)cc4F)nnc(C)c3C)=N2)s1. The highest BCUT2D eigenvalue weighted by molar-refractivity contribution is 7.99. The van der Waals surface area contributed by atoms with Gasteiger partial charge in [-0.05, 0) is 50.6 Å². The number of nitrogens with one attached hydrogen (secondary N) is 1. The van der Waals surface area contributed by atoms with Gasteiger partial charge in [0.25, 0.3) is 0 Å². The van der Waals surface area contributed by atoms with Crippen LogP contribution in [0.3, 0.4) is 0 Å². The van der Waals surface area contributed by atoms with Crippen LogP contribution in [0.5, 0.6) is 0 Å². The highest BCUT2D eigenvalue weighted by atomic mass is 32.2. The monoisotopic (exact) mass is 432 g/mol. The quantitative estimate of drug-likeness (QED) is 0.634. The van der Waals surface area contributed by atoms with E-state index in [1.54, 1.807) is 11.3 Å². The second kappa shape index (κ2) is 8.17. The van der Waals surface area contributed by atoms with E-state index >= 15 is 0 Å². The molecule has 1 aliphatic rings. The van der Waals surface area contributed by atoms with E-state index in [9.17, 15) is 8.78 Å². The zero-order chi connectivity index (χ0) is 20.5. The van der Waals surface area contributed by atoms with Crippen LogP contribution in [0.15, 0.2) is 45.2 Å². The molecule has 1 N–H and O–H groups in total. The smallest absolute Gasteiger partial charge is 0.156 e. The molecule has 3 aromatic rings. The normalized spacial score (nSPS) is 16.4. The molecule has 0 amide bonds. The Hall–Kier alpha value is -2.36. The minimum Gasteiger partial charge on any atom is -0.272 e. The van der Waals surface area contributed by atoms with Crippen molar-refractivity contribution in [3.63, 3.8) is 0 Å². The van der Waals surface area contributed by atoms with Crippen molar-refractivity contribution in [3.8, 4) is 0 Å². The molecule has 5 nitrogen and oxygen atoms in total. The highest BCUT2D eigenvalue weighted by Gasteiger charge is 2.25. The van der Waals surface area contributed by atoms with Crippen LogP contribution in [0, 0.1) is 32.4 Å². The highest BCUT2D eigenvalue weighted by Crippen LogP contribution is 2.34. The maximum absolute atomic E-state index is 14.2. The van der Waals surface area contributed by atoms with Crippen molar-refractivity contribution in [3.05, 3.63) is 68.5 Å². The molecule has 150 valence electrons. The Morgan fingerprint density at radius 3 is 2.69 bits per heavy atom. The number of nitrogens with zero attached hydrogens (tertiary/aromatic N) is 3. The Balaban J connectivity index is 1.76. The molecule has 29 heavy (non-hydrogen) atoms. The van der Waals surface area contributed by atoms with Crippen molar-refractivity contribution >= 4 is 28.9 Å². The minimum absolute atomic E-state index is 0.141. The van der Waals surface area contributed by atoms with Gasteiger partial charge in [0.1, 0.15) is 29.3 Å². The Kier molecular flexibility index (Phi) is 5.62. The first-order chi connectivity index (χ1) is 13.9. The van der Waals surface area contributed by atoms with Crippen molar-refractivity contribution in [1.82, 2.24) is 15.7 Å². The molecule has 0 spiro atoms. The number of aromatic nitrogens is 2. The lowest BCUT2D eigenvalue weighted by Crippen LogP contribution is -2.33. The van der Waals surface area contributed by atoms with Gasteiger partial charge in [-0.25, -0.2) is 14.3 Å². The van der Waals surface area contributed by atoms with E-state index in [4.69, 9.17) is 9.83 Å². The molecule has 9 heteroatoms. The minimum atomic E-state index is -0.650. The number of hydrogen-bond donors (Lipinski definition) is 1. The fourth-order valence-corrected chi connectivity index (χ4v) is 4.74. The van der Waals surface area contributed by atoms with Gasteiger partial charge in [-0.3, -0.25) is 9.83 Å². The first kappa shape index (κ1) is 19.9. The summed E-state index contributed by atoms with van der Waals surface area (Å²) in [5.41, 5.74) is 5.18. The molecule has 1 aliphatic heterocycles. The molecule has 3 heterocycles. The summed E-state index contributed by atoms with van der Waals surface area (Å²) in [7, 11) is 0. The van der Waals surface area contributed by atoms with Crippen LogP contribution in [0.4, 0.5) is 8.78 Å². The zero-order valence-corrected chi connectivity index (χ0v) is 17.6. The number of benzene rings is 1. The lowest BCUT2D eigenvalue weighted by atomic mass is 10.1. The second-order valence-corrected chi connectivity index (χ2v) is 8.97. The van der Waals surface area contributed by atoms with E-state index in [0.29, 0.717) is 23.0 Å². The van der Waals surface area contributed by atoms with E-state index in [1.165, 1.54) is 17.0 Å². The number of amidine groups is 1. The fourth-order valence-electron chi connectivity index (χ4n) is 2.90. The van der Waals surface area contributed by atoms with Crippen LogP contribution in [-0.2, 0) is 4.84 Å². The third kappa shape index (κ3) is 4.17. The van der Waals surface area contributed by atoms with Crippen LogP contribution in [0.2, 0.25) is 0 Å². The summed E-state index contributed by atoms with van der Waals surface area (Å²) in [6, 6.07) is 7.42. The van der Waals surface area contributed by atoms with E-state index in [1.807, 2.05) is 26.8 Å². The summed E-state index contributed by atoms with van der Waals surface area (Å²) < 4.78 is 27.5. The van der Waals surface area contributed by atoms with E-state index in [-0.39, 0.29) is 10.9 Å². The number of rotatable bonds is 4. The van der Waals surface area contributed by atoms with Gasteiger partial charge in [0.05, 0.1) is 11.3 Å². The van der Waals surface area contributed by atoms with E-state index in [2.05, 4.69) is 21.7 Å². The maximum atomic E-state index is 14.2. The van der Waals surface area contributed by atoms with Gasteiger partial charge in [0, 0.05) is 20.7 Å². The molecule has 0 unspecified atom stereocenters. The maximum Gasteiger partial charge on any atom is 0.156 e.